The van der Waals surface area contributed by atoms with Crippen molar-refractivity contribution in [1.29, 1.82) is 0 Å². The van der Waals surface area contributed by atoms with Gasteiger partial charge in [-0.05, 0) is 18.2 Å². The Labute approximate surface area is 109 Å². The fourth-order valence-electron chi connectivity index (χ4n) is 1.37. The summed E-state index contributed by atoms with van der Waals surface area (Å²) >= 11 is 0. The van der Waals surface area contributed by atoms with Crippen molar-refractivity contribution >= 4 is 11.7 Å². The molecule has 112 valence electrons. The molecule has 3 nitrogen and oxygen atoms in total. The molecule has 0 bridgehead atoms. The molecule has 0 saturated heterocycles. The Hall–Kier alpha value is -1.93. The molecular weight excluding hydrogens is 292 g/mol. The second-order valence-electron chi connectivity index (χ2n) is 3.89. The van der Waals surface area contributed by atoms with Gasteiger partial charge in [-0.1, -0.05) is 6.07 Å². The Morgan fingerprint density at radius 3 is 2.25 bits per heavy atom. The van der Waals surface area contributed by atoms with Gasteiger partial charge in [-0.2, -0.15) is 26.3 Å². The van der Waals surface area contributed by atoms with Crippen molar-refractivity contribution in [2.75, 3.05) is 11.9 Å². The third-order valence-corrected chi connectivity index (χ3v) is 2.39. The summed E-state index contributed by atoms with van der Waals surface area (Å²) in [6.07, 6.45) is -9.62. The average molecular weight is 301 g/mol. The first-order valence-electron chi connectivity index (χ1n) is 5.22. The Morgan fingerprint density at radius 1 is 1.20 bits per heavy atom. The number of carbonyl (C=O) groups is 1. The molecule has 1 unspecified atom stereocenters. The van der Waals surface area contributed by atoms with E-state index in [1.54, 1.807) is 0 Å². The number of hydrogen-bond donors (Lipinski definition) is 2. The summed E-state index contributed by atoms with van der Waals surface area (Å²) in [5, 5.41) is 10.5. The van der Waals surface area contributed by atoms with Gasteiger partial charge in [0.25, 0.3) is 0 Å². The number of carboxylic acids is 1. The lowest BCUT2D eigenvalue weighted by molar-refractivity contribution is -0.190. The van der Waals surface area contributed by atoms with Gasteiger partial charge in [0.2, 0.25) is 0 Å². The van der Waals surface area contributed by atoms with E-state index in [-0.39, 0.29) is 5.69 Å². The smallest absolute Gasteiger partial charge is 0.416 e. The number of rotatable bonds is 4. The van der Waals surface area contributed by atoms with Crippen LogP contribution >= 0.6 is 0 Å². The van der Waals surface area contributed by atoms with E-state index in [2.05, 4.69) is 0 Å². The van der Waals surface area contributed by atoms with Crippen LogP contribution in [0.15, 0.2) is 24.3 Å². The molecule has 0 amide bonds. The van der Waals surface area contributed by atoms with Gasteiger partial charge in [-0.25, -0.2) is 0 Å². The van der Waals surface area contributed by atoms with E-state index >= 15 is 0 Å². The van der Waals surface area contributed by atoms with Gasteiger partial charge in [-0.3, -0.25) is 4.79 Å². The Bertz CT molecular complexity index is 483. The van der Waals surface area contributed by atoms with Crippen LogP contribution in [0.2, 0.25) is 0 Å². The van der Waals surface area contributed by atoms with Crippen LogP contribution in [-0.4, -0.2) is 23.8 Å². The summed E-state index contributed by atoms with van der Waals surface area (Å²) in [7, 11) is 0. The highest BCUT2D eigenvalue weighted by Gasteiger charge is 2.44. The first kappa shape index (κ1) is 16.1. The molecule has 1 aromatic rings. The van der Waals surface area contributed by atoms with E-state index in [4.69, 9.17) is 5.11 Å². The van der Waals surface area contributed by atoms with Crippen molar-refractivity contribution in [3.05, 3.63) is 29.8 Å². The van der Waals surface area contributed by atoms with Crippen molar-refractivity contribution in [2.45, 2.75) is 12.4 Å². The van der Waals surface area contributed by atoms with Crippen LogP contribution in [0.1, 0.15) is 5.56 Å². The molecule has 0 aliphatic carbocycles. The zero-order valence-corrected chi connectivity index (χ0v) is 9.72. The summed E-state index contributed by atoms with van der Waals surface area (Å²) in [5.41, 5.74) is -1.28. The number of alkyl halides is 6. The third-order valence-electron chi connectivity index (χ3n) is 2.39. The van der Waals surface area contributed by atoms with Crippen LogP contribution in [0.25, 0.3) is 0 Å². The highest BCUT2D eigenvalue weighted by molar-refractivity contribution is 5.71. The SMILES string of the molecule is O=C(O)C(CNc1cccc(C(F)(F)F)c1)C(F)(F)F. The molecule has 1 rings (SSSR count). The van der Waals surface area contributed by atoms with Gasteiger partial charge < -0.3 is 10.4 Å². The standard InChI is InChI=1S/C11H9F6NO2/c12-10(13,14)6-2-1-3-7(4-6)18-5-8(9(19)20)11(15,16)17/h1-4,8,18H,5H2,(H,19,20). The maximum Gasteiger partial charge on any atom is 0.416 e. The number of nitrogens with one attached hydrogen (secondary N) is 1. The van der Waals surface area contributed by atoms with E-state index < -0.39 is 36.3 Å². The lowest BCUT2D eigenvalue weighted by Gasteiger charge is -2.17. The molecule has 9 heteroatoms. The zero-order chi connectivity index (χ0) is 15.6. The maximum atomic E-state index is 12.4. The minimum Gasteiger partial charge on any atom is -0.481 e. The van der Waals surface area contributed by atoms with Crippen molar-refractivity contribution in [3.8, 4) is 0 Å². The van der Waals surface area contributed by atoms with Crippen LogP contribution in [0.3, 0.4) is 0 Å². The molecule has 2 N–H and O–H groups in total. The molecule has 20 heavy (non-hydrogen) atoms. The molecule has 0 aliphatic rings. The zero-order valence-electron chi connectivity index (χ0n) is 9.72. The minimum absolute atomic E-state index is 0.240. The molecule has 0 aromatic heterocycles. The quantitative estimate of drug-likeness (QED) is 0.838. The highest BCUT2D eigenvalue weighted by atomic mass is 19.4. The molecule has 0 spiro atoms. The topological polar surface area (TPSA) is 49.3 Å². The molecular formula is C11H9F6NO2. The summed E-state index contributed by atoms with van der Waals surface area (Å²) in [6, 6.07) is 3.48. The number of carboxylic acid groups (broad SMARTS) is 1. The molecule has 1 aromatic carbocycles. The van der Waals surface area contributed by atoms with Crippen LogP contribution in [0.4, 0.5) is 32.0 Å². The molecule has 0 heterocycles. The Kier molecular flexibility index (Phi) is 4.51. The summed E-state index contributed by atoms with van der Waals surface area (Å²) < 4.78 is 74.2. The van der Waals surface area contributed by atoms with Crippen LogP contribution in [0, 0.1) is 5.92 Å². The number of aliphatic carboxylic acids is 1. The number of anilines is 1. The second kappa shape index (κ2) is 5.59. The van der Waals surface area contributed by atoms with Gasteiger partial charge >= 0.3 is 18.3 Å². The van der Waals surface area contributed by atoms with Gasteiger partial charge in [0.15, 0.2) is 5.92 Å². The normalized spacial score (nSPS) is 13.9. The van der Waals surface area contributed by atoms with Crippen molar-refractivity contribution in [3.63, 3.8) is 0 Å². The van der Waals surface area contributed by atoms with Gasteiger partial charge in [-0.15, -0.1) is 0 Å². The Balaban J connectivity index is 2.82. The minimum atomic E-state index is -4.99. The van der Waals surface area contributed by atoms with E-state index in [9.17, 15) is 31.1 Å². The van der Waals surface area contributed by atoms with Crippen LogP contribution in [-0.2, 0) is 11.0 Å². The van der Waals surface area contributed by atoms with Crippen molar-refractivity contribution in [1.82, 2.24) is 0 Å². The van der Waals surface area contributed by atoms with Crippen LogP contribution in [0.5, 0.6) is 0 Å². The number of halogens is 6. The summed E-state index contributed by atoms with van der Waals surface area (Å²) in [5.74, 6) is -4.80. The highest BCUT2D eigenvalue weighted by Crippen LogP contribution is 2.31. The first-order valence-corrected chi connectivity index (χ1v) is 5.22. The molecule has 0 radical (unpaired) electrons. The number of benzene rings is 1. The van der Waals surface area contributed by atoms with E-state index in [1.165, 1.54) is 0 Å². The lowest BCUT2D eigenvalue weighted by Crippen LogP contribution is -2.36. The van der Waals surface area contributed by atoms with Gasteiger partial charge in [0, 0.05) is 12.2 Å². The maximum absolute atomic E-state index is 12.4. The monoisotopic (exact) mass is 301 g/mol. The van der Waals surface area contributed by atoms with E-state index in [0.717, 1.165) is 18.2 Å². The number of hydrogen-bond acceptors (Lipinski definition) is 2. The van der Waals surface area contributed by atoms with Crippen molar-refractivity contribution < 1.29 is 36.2 Å². The first-order chi connectivity index (χ1) is 9.01. The Morgan fingerprint density at radius 2 is 1.80 bits per heavy atom. The van der Waals surface area contributed by atoms with Crippen LogP contribution < -0.4 is 5.32 Å². The van der Waals surface area contributed by atoms with E-state index in [0.29, 0.717) is 6.07 Å². The third kappa shape index (κ3) is 4.32. The largest absolute Gasteiger partial charge is 0.481 e. The summed E-state index contributed by atoms with van der Waals surface area (Å²) in [4.78, 5) is 10.5. The molecule has 0 aliphatic heterocycles. The lowest BCUT2D eigenvalue weighted by atomic mass is 10.1. The van der Waals surface area contributed by atoms with Gasteiger partial charge in [0.1, 0.15) is 0 Å². The van der Waals surface area contributed by atoms with E-state index in [1.807, 2.05) is 5.32 Å². The molecule has 0 fully saturated rings. The van der Waals surface area contributed by atoms with Crippen molar-refractivity contribution in [2.24, 2.45) is 5.92 Å². The second-order valence-corrected chi connectivity index (χ2v) is 3.89. The van der Waals surface area contributed by atoms with Gasteiger partial charge in [0.05, 0.1) is 5.56 Å². The predicted octanol–water partition coefficient (Wildman–Crippen LogP) is 3.38. The average Bonchev–Trinajstić information content (AvgIpc) is 2.26. The molecule has 1 atom stereocenters. The molecule has 0 saturated carbocycles. The predicted molar refractivity (Wildman–Crippen MR) is 57.1 cm³/mol. The fraction of sp³-hybridized carbons (Fsp3) is 0.364. The summed E-state index contributed by atoms with van der Waals surface area (Å²) in [6.45, 7) is -1.06. The fourth-order valence-corrected chi connectivity index (χ4v) is 1.37.